The zero-order valence-corrected chi connectivity index (χ0v) is 16.0. The number of aryl methyl sites for hydroxylation is 1. The van der Waals surface area contributed by atoms with Crippen LogP contribution in [0.2, 0.25) is 0 Å². The van der Waals surface area contributed by atoms with Gasteiger partial charge in [-0.15, -0.1) is 0 Å². The number of anilines is 1. The maximum atomic E-state index is 12.6. The second-order valence-corrected chi connectivity index (χ2v) is 6.95. The first-order valence-corrected chi connectivity index (χ1v) is 9.37. The fourth-order valence-corrected chi connectivity index (χ4v) is 3.11. The fraction of sp³-hybridized carbons (Fsp3) is 0.273. The highest BCUT2D eigenvalue weighted by molar-refractivity contribution is 5.90. The van der Waals surface area contributed by atoms with Crippen molar-refractivity contribution in [3.63, 3.8) is 0 Å². The van der Waals surface area contributed by atoms with Crippen LogP contribution in [-0.4, -0.2) is 10.9 Å². The first-order valence-electron chi connectivity index (χ1n) is 9.37. The van der Waals surface area contributed by atoms with E-state index in [1.807, 2.05) is 24.3 Å². The van der Waals surface area contributed by atoms with E-state index in [0.717, 1.165) is 47.1 Å². The van der Waals surface area contributed by atoms with E-state index >= 15 is 0 Å². The molecule has 3 aromatic rings. The van der Waals surface area contributed by atoms with Gasteiger partial charge in [-0.05, 0) is 47.9 Å². The molecule has 0 saturated heterocycles. The summed E-state index contributed by atoms with van der Waals surface area (Å²) in [4.78, 5) is 16.7. The van der Waals surface area contributed by atoms with Crippen LogP contribution in [0.25, 0.3) is 10.9 Å². The number of amides is 1. The van der Waals surface area contributed by atoms with Gasteiger partial charge in [0.15, 0.2) is 0 Å². The van der Waals surface area contributed by atoms with Crippen LogP contribution in [0.4, 0.5) is 18.9 Å². The Balaban J connectivity index is 1.63. The average molecular weight is 401 g/mol. The molecule has 0 fully saturated rings. The number of nitrogens with two attached hydrogens (primary N) is 1. The molecule has 0 aliphatic rings. The molecule has 3 N–H and O–H groups in total. The highest BCUT2D eigenvalue weighted by Crippen LogP contribution is 2.29. The summed E-state index contributed by atoms with van der Waals surface area (Å²) < 4.78 is 37.8. The third-order valence-corrected chi connectivity index (χ3v) is 4.60. The molecule has 0 bridgehead atoms. The topological polar surface area (TPSA) is 68.0 Å². The van der Waals surface area contributed by atoms with Crippen molar-refractivity contribution in [1.29, 1.82) is 0 Å². The van der Waals surface area contributed by atoms with E-state index in [4.69, 9.17) is 5.73 Å². The number of fused-ring (bicyclic) bond motifs is 1. The second kappa shape index (κ2) is 8.51. The Labute approximate surface area is 166 Å². The summed E-state index contributed by atoms with van der Waals surface area (Å²) >= 11 is 0. The van der Waals surface area contributed by atoms with Crippen molar-refractivity contribution in [3.8, 4) is 0 Å². The van der Waals surface area contributed by atoms with E-state index in [1.54, 1.807) is 0 Å². The van der Waals surface area contributed by atoms with Crippen molar-refractivity contribution < 1.29 is 18.0 Å². The Hall–Kier alpha value is -3.09. The van der Waals surface area contributed by atoms with E-state index in [9.17, 15) is 18.0 Å². The van der Waals surface area contributed by atoms with Crippen LogP contribution in [-0.2, 0) is 30.4 Å². The number of benzene rings is 2. The monoisotopic (exact) mass is 401 g/mol. The number of nitrogens with zero attached hydrogens (tertiary/aromatic N) is 1. The summed E-state index contributed by atoms with van der Waals surface area (Å²) in [6, 6.07) is 12.1. The van der Waals surface area contributed by atoms with Gasteiger partial charge in [0, 0.05) is 23.3 Å². The number of carbonyl (C=O) groups excluding carboxylic acids is 1. The van der Waals surface area contributed by atoms with Crippen LogP contribution < -0.4 is 11.1 Å². The Morgan fingerprint density at radius 3 is 2.41 bits per heavy atom. The fourth-order valence-electron chi connectivity index (χ4n) is 3.11. The van der Waals surface area contributed by atoms with Gasteiger partial charge in [0.2, 0.25) is 5.91 Å². The van der Waals surface area contributed by atoms with Crippen molar-refractivity contribution in [2.75, 3.05) is 5.73 Å². The highest BCUT2D eigenvalue weighted by Gasteiger charge is 2.29. The first kappa shape index (κ1) is 20.6. The normalized spacial score (nSPS) is 11.6. The quantitative estimate of drug-likeness (QED) is 0.632. The minimum absolute atomic E-state index is 0.00971. The molecule has 1 aromatic heterocycles. The Morgan fingerprint density at radius 1 is 1.07 bits per heavy atom. The van der Waals surface area contributed by atoms with E-state index in [-0.39, 0.29) is 12.3 Å². The molecular formula is C22H22F3N3O. The number of halogens is 3. The van der Waals surface area contributed by atoms with Gasteiger partial charge in [0.1, 0.15) is 0 Å². The molecule has 0 atom stereocenters. The van der Waals surface area contributed by atoms with Gasteiger partial charge < -0.3 is 11.1 Å². The predicted octanol–water partition coefficient (Wildman–Crippen LogP) is 4.65. The molecule has 1 amide bonds. The minimum Gasteiger partial charge on any atom is -0.398 e. The smallest absolute Gasteiger partial charge is 0.398 e. The number of nitrogens with one attached hydrogen (secondary N) is 1. The molecule has 0 spiro atoms. The molecule has 7 heteroatoms. The molecule has 0 radical (unpaired) electrons. The maximum absolute atomic E-state index is 12.6. The molecule has 0 unspecified atom stereocenters. The van der Waals surface area contributed by atoms with Gasteiger partial charge in [-0.1, -0.05) is 31.5 Å². The lowest BCUT2D eigenvalue weighted by Crippen LogP contribution is -2.24. The first-order chi connectivity index (χ1) is 13.8. The van der Waals surface area contributed by atoms with Crippen LogP contribution >= 0.6 is 0 Å². The summed E-state index contributed by atoms with van der Waals surface area (Å²) in [6.45, 7) is 2.38. The summed E-state index contributed by atoms with van der Waals surface area (Å²) in [6.07, 6.45) is -2.52. The van der Waals surface area contributed by atoms with E-state index in [0.29, 0.717) is 17.8 Å². The van der Waals surface area contributed by atoms with Gasteiger partial charge in [0.25, 0.3) is 0 Å². The predicted molar refractivity (Wildman–Crippen MR) is 107 cm³/mol. The SMILES string of the molecule is CCCc1cc(N)c2cc(CNC(=O)Cc3ccc(C(F)(F)F)cc3)ccc2n1. The lowest BCUT2D eigenvalue weighted by atomic mass is 10.1. The standard InChI is InChI=1S/C22H22F3N3O/c1-2-3-17-12-19(26)18-10-15(6-9-20(18)28-17)13-27-21(29)11-14-4-7-16(8-5-14)22(23,24)25/h4-10,12H,2-3,11,13H2,1H3,(H2,26,28)(H,27,29). The Kier molecular flexibility index (Phi) is 6.06. The lowest BCUT2D eigenvalue weighted by Gasteiger charge is -2.10. The third kappa shape index (κ3) is 5.25. The third-order valence-electron chi connectivity index (χ3n) is 4.60. The molecular weight excluding hydrogens is 379 g/mol. The van der Waals surface area contributed by atoms with Gasteiger partial charge in [-0.2, -0.15) is 13.2 Å². The van der Waals surface area contributed by atoms with Crippen LogP contribution in [0.1, 0.15) is 35.7 Å². The minimum atomic E-state index is -4.38. The van der Waals surface area contributed by atoms with Gasteiger partial charge in [-0.25, -0.2) is 0 Å². The van der Waals surface area contributed by atoms with Gasteiger partial charge >= 0.3 is 6.18 Å². The molecule has 29 heavy (non-hydrogen) atoms. The Morgan fingerprint density at radius 2 is 1.76 bits per heavy atom. The number of aromatic nitrogens is 1. The number of alkyl halides is 3. The zero-order valence-electron chi connectivity index (χ0n) is 16.0. The second-order valence-electron chi connectivity index (χ2n) is 6.95. The van der Waals surface area contributed by atoms with Crippen LogP contribution in [0.3, 0.4) is 0 Å². The summed E-state index contributed by atoms with van der Waals surface area (Å²) in [5, 5.41) is 3.62. The molecule has 152 valence electrons. The highest BCUT2D eigenvalue weighted by atomic mass is 19.4. The molecule has 2 aromatic carbocycles. The Bertz CT molecular complexity index is 1010. The maximum Gasteiger partial charge on any atom is 0.416 e. The van der Waals surface area contributed by atoms with E-state index < -0.39 is 11.7 Å². The van der Waals surface area contributed by atoms with Crippen LogP contribution in [0.15, 0.2) is 48.5 Å². The number of nitrogen functional groups attached to an aromatic ring is 1. The molecule has 0 aliphatic carbocycles. The lowest BCUT2D eigenvalue weighted by molar-refractivity contribution is -0.137. The largest absolute Gasteiger partial charge is 0.416 e. The summed E-state index contributed by atoms with van der Waals surface area (Å²) in [5.74, 6) is -0.269. The van der Waals surface area contributed by atoms with Crippen molar-refractivity contribution in [2.24, 2.45) is 0 Å². The number of carbonyl (C=O) groups is 1. The number of rotatable bonds is 6. The molecule has 0 aliphatic heterocycles. The summed E-state index contributed by atoms with van der Waals surface area (Å²) in [5.41, 5.74) is 9.23. The molecule has 0 saturated carbocycles. The van der Waals surface area contributed by atoms with Crippen molar-refractivity contribution in [1.82, 2.24) is 10.3 Å². The van der Waals surface area contributed by atoms with Crippen molar-refractivity contribution in [3.05, 3.63) is 70.9 Å². The van der Waals surface area contributed by atoms with Crippen LogP contribution in [0.5, 0.6) is 0 Å². The molecule has 1 heterocycles. The number of hydrogen-bond donors (Lipinski definition) is 2. The van der Waals surface area contributed by atoms with Gasteiger partial charge in [0.05, 0.1) is 17.5 Å². The molecule has 4 nitrogen and oxygen atoms in total. The van der Waals surface area contributed by atoms with Crippen molar-refractivity contribution in [2.45, 2.75) is 38.9 Å². The van der Waals surface area contributed by atoms with Crippen LogP contribution in [0, 0.1) is 0 Å². The van der Waals surface area contributed by atoms with Crippen molar-refractivity contribution >= 4 is 22.5 Å². The average Bonchev–Trinajstić information content (AvgIpc) is 2.66. The van der Waals surface area contributed by atoms with E-state index in [2.05, 4.69) is 17.2 Å². The molecule has 3 rings (SSSR count). The number of hydrogen-bond acceptors (Lipinski definition) is 3. The van der Waals surface area contributed by atoms with Gasteiger partial charge in [-0.3, -0.25) is 9.78 Å². The summed E-state index contributed by atoms with van der Waals surface area (Å²) in [7, 11) is 0. The number of pyridine rings is 1. The zero-order chi connectivity index (χ0) is 21.0. The van der Waals surface area contributed by atoms with E-state index in [1.165, 1.54) is 12.1 Å².